The number of rotatable bonds is 7. The highest BCUT2D eigenvalue weighted by molar-refractivity contribution is 6.22. The maximum Gasteiger partial charge on any atom is 0.311 e. The van der Waals surface area contributed by atoms with E-state index >= 15 is 0 Å². The van der Waals surface area contributed by atoms with E-state index < -0.39 is 35.6 Å². The lowest BCUT2D eigenvalue weighted by molar-refractivity contribution is -0.136. The Bertz CT molecular complexity index is 1110. The van der Waals surface area contributed by atoms with E-state index in [9.17, 15) is 28.8 Å². The third-order valence-electron chi connectivity index (χ3n) is 4.89. The van der Waals surface area contributed by atoms with Gasteiger partial charge in [-0.3, -0.25) is 39.4 Å². The van der Waals surface area contributed by atoms with Crippen LogP contribution in [-0.4, -0.2) is 35.6 Å². The third-order valence-corrected chi connectivity index (χ3v) is 4.89. The van der Waals surface area contributed by atoms with Crippen LogP contribution in [-0.2, 0) is 9.59 Å². The molecule has 0 bridgehead atoms. The Hall–Kier alpha value is -4.34. The fourth-order valence-electron chi connectivity index (χ4n) is 3.32. The molecule has 10 nitrogen and oxygen atoms in total. The van der Waals surface area contributed by atoms with E-state index in [4.69, 9.17) is 9.47 Å². The van der Waals surface area contributed by atoms with Gasteiger partial charge in [0, 0.05) is 12.8 Å². The molecule has 0 saturated heterocycles. The van der Waals surface area contributed by atoms with Crippen molar-refractivity contribution in [2.45, 2.75) is 25.7 Å². The predicted octanol–water partition coefficient (Wildman–Crippen LogP) is 1.53. The van der Waals surface area contributed by atoms with Crippen LogP contribution in [0.5, 0.6) is 11.5 Å². The highest BCUT2D eigenvalue weighted by Gasteiger charge is 2.28. The molecule has 2 heterocycles. The van der Waals surface area contributed by atoms with Crippen molar-refractivity contribution in [1.82, 2.24) is 10.6 Å². The second-order valence-corrected chi connectivity index (χ2v) is 7.14. The predicted molar refractivity (Wildman–Crippen MR) is 106 cm³/mol. The first-order chi connectivity index (χ1) is 15.3. The van der Waals surface area contributed by atoms with Gasteiger partial charge in [0.1, 0.15) is 11.5 Å². The van der Waals surface area contributed by atoms with Crippen molar-refractivity contribution in [3.8, 4) is 11.5 Å². The number of imide groups is 2. The number of hydrogen-bond donors (Lipinski definition) is 2. The van der Waals surface area contributed by atoms with E-state index in [-0.39, 0.29) is 46.6 Å². The van der Waals surface area contributed by atoms with Crippen LogP contribution in [0.15, 0.2) is 36.4 Å². The van der Waals surface area contributed by atoms with Crippen LogP contribution in [0.2, 0.25) is 0 Å². The number of esters is 2. The average molecular weight is 436 g/mol. The molecule has 2 aliphatic heterocycles. The Balaban J connectivity index is 1.21. The quantitative estimate of drug-likeness (QED) is 0.288. The van der Waals surface area contributed by atoms with Gasteiger partial charge < -0.3 is 9.47 Å². The van der Waals surface area contributed by atoms with Crippen molar-refractivity contribution in [3.05, 3.63) is 58.7 Å². The van der Waals surface area contributed by atoms with E-state index in [0.717, 1.165) is 0 Å². The Kier molecular flexibility index (Phi) is 5.50. The molecule has 4 amide bonds. The molecule has 0 radical (unpaired) electrons. The van der Waals surface area contributed by atoms with Gasteiger partial charge in [-0.2, -0.15) is 0 Å². The fourth-order valence-corrected chi connectivity index (χ4v) is 3.32. The molecule has 0 saturated carbocycles. The van der Waals surface area contributed by atoms with Crippen LogP contribution < -0.4 is 20.1 Å². The zero-order valence-electron chi connectivity index (χ0n) is 16.6. The fraction of sp³-hybridized carbons (Fsp3) is 0.182. The summed E-state index contributed by atoms with van der Waals surface area (Å²) in [6, 6.07) is 8.33. The van der Waals surface area contributed by atoms with Crippen molar-refractivity contribution < 1.29 is 38.2 Å². The van der Waals surface area contributed by atoms with Crippen LogP contribution >= 0.6 is 0 Å². The van der Waals surface area contributed by atoms with Gasteiger partial charge >= 0.3 is 11.9 Å². The molecule has 162 valence electrons. The second kappa shape index (κ2) is 8.42. The number of carbonyl (C=O) groups is 6. The van der Waals surface area contributed by atoms with E-state index in [0.29, 0.717) is 12.8 Å². The van der Waals surface area contributed by atoms with Gasteiger partial charge in [0.25, 0.3) is 23.6 Å². The number of nitrogens with one attached hydrogen (secondary N) is 2. The lowest BCUT2D eigenvalue weighted by Crippen LogP contribution is -2.19. The lowest BCUT2D eigenvalue weighted by Gasteiger charge is -2.06. The normalized spacial score (nSPS) is 13.9. The molecular weight excluding hydrogens is 420 g/mol. The number of hydrogen-bond acceptors (Lipinski definition) is 8. The van der Waals surface area contributed by atoms with Gasteiger partial charge in [-0.1, -0.05) is 0 Å². The summed E-state index contributed by atoms with van der Waals surface area (Å²) in [5, 5.41) is 4.30. The first-order valence-electron chi connectivity index (χ1n) is 9.72. The molecule has 0 aliphatic carbocycles. The molecule has 0 unspecified atom stereocenters. The summed E-state index contributed by atoms with van der Waals surface area (Å²) in [4.78, 5) is 70.3. The number of amides is 4. The largest absolute Gasteiger partial charge is 0.427 e. The lowest BCUT2D eigenvalue weighted by atomic mass is 10.1. The molecule has 0 atom stereocenters. The molecule has 0 aromatic heterocycles. The summed E-state index contributed by atoms with van der Waals surface area (Å²) in [5.41, 5.74) is 0.751. The van der Waals surface area contributed by atoms with Gasteiger partial charge in [-0.05, 0) is 49.2 Å². The minimum atomic E-state index is -0.544. The highest BCUT2D eigenvalue weighted by atomic mass is 16.5. The Labute approximate surface area is 180 Å². The summed E-state index contributed by atoms with van der Waals surface area (Å²) in [6.07, 6.45) is 0.797. The smallest absolute Gasteiger partial charge is 0.311 e. The number of benzene rings is 2. The Morgan fingerprint density at radius 1 is 0.594 bits per heavy atom. The molecular formula is C22H16N2O8. The van der Waals surface area contributed by atoms with Gasteiger partial charge in [0.05, 0.1) is 22.3 Å². The van der Waals surface area contributed by atoms with Crippen molar-refractivity contribution in [1.29, 1.82) is 0 Å². The van der Waals surface area contributed by atoms with Crippen molar-refractivity contribution in [2.24, 2.45) is 0 Å². The molecule has 4 rings (SSSR count). The van der Waals surface area contributed by atoms with Crippen molar-refractivity contribution >= 4 is 35.6 Å². The molecule has 0 spiro atoms. The molecule has 0 fully saturated rings. The van der Waals surface area contributed by atoms with Gasteiger partial charge in [-0.25, -0.2) is 0 Å². The summed E-state index contributed by atoms with van der Waals surface area (Å²) >= 11 is 0. The van der Waals surface area contributed by atoms with Gasteiger partial charge in [-0.15, -0.1) is 0 Å². The second-order valence-electron chi connectivity index (χ2n) is 7.14. The third kappa shape index (κ3) is 4.24. The zero-order valence-corrected chi connectivity index (χ0v) is 16.6. The van der Waals surface area contributed by atoms with Crippen LogP contribution in [0.25, 0.3) is 0 Å². The molecule has 2 N–H and O–H groups in total. The minimum absolute atomic E-state index is 0.0383. The van der Waals surface area contributed by atoms with Gasteiger partial charge in [0.2, 0.25) is 0 Å². The molecule has 10 heteroatoms. The standard InChI is InChI=1S/C22H16N2O8/c25-17(31-11-5-7-13-15(9-11)21(29)23-19(13)27)3-1-2-4-18(26)32-12-6-8-14-16(10-12)22(30)24-20(14)28/h5-10H,1-4H2,(H,23,27,29)(H,24,28,30). The number of fused-ring (bicyclic) bond motifs is 2. The zero-order chi connectivity index (χ0) is 22.8. The van der Waals surface area contributed by atoms with Crippen LogP contribution in [0.1, 0.15) is 67.1 Å². The number of carbonyl (C=O) groups excluding carboxylic acids is 6. The van der Waals surface area contributed by atoms with Gasteiger partial charge in [0.15, 0.2) is 0 Å². The minimum Gasteiger partial charge on any atom is -0.427 e. The van der Waals surface area contributed by atoms with Crippen molar-refractivity contribution in [3.63, 3.8) is 0 Å². The summed E-state index contributed by atoms with van der Waals surface area (Å²) in [5.74, 6) is -2.86. The molecule has 2 aromatic rings. The van der Waals surface area contributed by atoms with E-state index in [1.165, 1.54) is 36.4 Å². The molecule has 2 aliphatic rings. The maximum atomic E-state index is 12.0. The SMILES string of the molecule is O=C(CCCCC(=O)Oc1ccc2c(c1)C(=O)NC2=O)Oc1ccc2c(c1)C(=O)NC2=O. The average Bonchev–Trinajstić information content (AvgIpc) is 3.19. The van der Waals surface area contributed by atoms with Crippen molar-refractivity contribution in [2.75, 3.05) is 0 Å². The topological polar surface area (TPSA) is 145 Å². The Morgan fingerprint density at radius 2 is 0.969 bits per heavy atom. The molecule has 32 heavy (non-hydrogen) atoms. The maximum absolute atomic E-state index is 12.0. The monoisotopic (exact) mass is 436 g/mol. The van der Waals surface area contributed by atoms with E-state index in [1.807, 2.05) is 0 Å². The Morgan fingerprint density at radius 3 is 1.38 bits per heavy atom. The first kappa shape index (κ1) is 20.9. The number of ether oxygens (including phenoxy) is 2. The van der Waals surface area contributed by atoms with E-state index in [2.05, 4.69) is 10.6 Å². The van der Waals surface area contributed by atoms with Crippen LogP contribution in [0.3, 0.4) is 0 Å². The van der Waals surface area contributed by atoms with Crippen LogP contribution in [0, 0.1) is 0 Å². The highest BCUT2D eigenvalue weighted by Crippen LogP contribution is 2.23. The summed E-state index contributed by atoms with van der Waals surface area (Å²) in [6.45, 7) is 0. The summed E-state index contributed by atoms with van der Waals surface area (Å²) < 4.78 is 10.4. The summed E-state index contributed by atoms with van der Waals surface area (Å²) in [7, 11) is 0. The first-order valence-corrected chi connectivity index (χ1v) is 9.72. The van der Waals surface area contributed by atoms with E-state index in [1.54, 1.807) is 0 Å². The molecule has 2 aromatic carbocycles. The number of unbranched alkanes of at least 4 members (excludes halogenated alkanes) is 1. The van der Waals surface area contributed by atoms with Crippen LogP contribution in [0.4, 0.5) is 0 Å².